The number of nitrogens with one attached hydrogen (secondary N) is 2. The van der Waals surface area contributed by atoms with Gasteiger partial charge in [-0.25, -0.2) is 0 Å². The monoisotopic (exact) mass is 824 g/mol. The van der Waals surface area contributed by atoms with Crippen LogP contribution in [-0.2, 0) is 41.2 Å². The first-order valence-corrected chi connectivity index (χ1v) is 22.4. The van der Waals surface area contributed by atoms with Gasteiger partial charge in [0.25, 0.3) is 0 Å². The van der Waals surface area contributed by atoms with Crippen LogP contribution in [0.2, 0.25) is 0 Å². The van der Waals surface area contributed by atoms with Crippen molar-refractivity contribution in [3.8, 4) is 11.5 Å². The molecule has 1 atom stereocenters. The van der Waals surface area contributed by atoms with E-state index in [-0.39, 0.29) is 21.7 Å². The van der Waals surface area contributed by atoms with Crippen LogP contribution in [0.4, 0.5) is 28.4 Å². The smallest absolute Gasteiger partial charge is 0.123 e. The van der Waals surface area contributed by atoms with Crippen LogP contribution in [0, 0.1) is 11.3 Å². The average Bonchev–Trinajstić information content (AvgIpc) is 3.12. The Bertz CT molecular complexity index is 2080. The van der Waals surface area contributed by atoms with E-state index in [0.717, 1.165) is 68.2 Å². The van der Waals surface area contributed by atoms with Crippen molar-refractivity contribution in [2.45, 2.75) is 158 Å². The van der Waals surface area contributed by atoms with Crippen molar-refractivity contribution in [2.75, 3.05) is 15.5 Å². The molecule has 0 spiro atoms. The summed E-state index contributed by atoms with van der Waals surface area (Å²) in [6, 6.07) is 34.7. The standard InChI is InChI=1S/C56H77N3O2/c1-37(34-52(2,3)4)29-38-17-19-41(20-18-38)57-42-21-23-43(24-22-42)58-44-25-27-45(28-26-44)59(35-39-30-46(53(5,6)7)50(60)47(31-39)54(8,9)10)36-40-32-48(55(11,12)13)51(61)49(33-40)56(14,15)16/h17-28,30-33,37,57-58,60-61H,29,34-36H2,1-16H3. The fraction of sp³-hybridized carbons (Fsp3) is 0.464. The average molecular weight is 824 g/mol. The third kappa shape index (κ3) is 12.8. The third-order valence-corrected chi connectivity index (χ3v) is 11.5. The summed E-state index contributed by atoms with van der Waals surface area (Å²) in [6.45, 7) is 36.6. The van der Waals surface area contributed by atoms with E-state index in [1.807, 2.05) is 0 Å². The van der Waals surface area contributed by atoms with Gasteiger partial charge in [-0.3, -0.25) is 0 Å². The van der Waals surface area contributed by atoms with Crippen LogP contribution in [0.5, 0.6) is 11.5 Å². The number of phenolic OH excluding ortho intramolecular Hbond substituents is 2. The number of phenols is 2. The summed E-state index contributed by atoms with van der Waals surface area (Å²) in [5.74, 6) is 1.43. The molecule has 0 fully saturated rings. The molecule has 0 saturated heterocycles. The summed E-state index contributed by atoms with van der Waals surface area (Å²) < 4.78 is 0. The van der Waals surface area contributed by atoms with E-state index >= 15 is 0 Å². The second-order valence-corrected chi connectivity index (χ2v) is 23.1. The summed E-state index contributed by atoms with van der Waals surface area (Å²) >= 11 is 0. The lowest BCUT2D eigenvalue weighted by Crippen LogP contribution is -2.25. The maximum Gasteiger partial charge on any atom is 0.123 e. The maximum atomic E-state index is 11.6. The number of anilines is 5. The van der Waals surface area contributed by atoms with E-state index in [4.69, 9.17) is 0 Å². The maximum absolute atomic E-state index is 11.6. The Morgan fingerprint density at radius 2 is 0.738 bits per heavy atom. The Morgan fingerprint density at radius 1 is 0.443 bits per heavy atom. The number of hydrogen-bond donors (Lipinski definition) is 4. The molecular weight excluding hydrogens is 747 g/mol. The van der Waals surface area contributed by atoms with Crippen LogP contribution in [0.1, 0.15) is 156 Å². The minimum absolute atomic E-state index is 0.233. The normalized spacial score (nSPS) is 13.2. The zero-order valence-electron chi connectivity index (χ0n) is 40.5. The van der Waals surface area contributed by atoms with Gasteiger partial charge in [0.2, 0.25) is 0 Å². The fourth-order valence-electron chi connectivity index (χ4n) is 8.51. The van der Waals surface area contributed by atoms with E-state index in [1.54, 1.807) is 0 Å². The molecule has 4 N–H and O–H groups in total. The molecule has 0 saturated carbocycles. The van der Waals surface area contributed by atoms with E-state index in [1.165, 1.54) is 12.0 Å². The second-order valence-electron chi connectivity index (χ2n) is 23.1. The molecule has 5 aromatic rings. The topological polar surface area (TPSA) is 67.8 Å². The van der Waals surface area contributed by atoms with Gasteiger partial charge in [-0.15, -0.1) is 0 Å². The minimum atomic E-state index is -0.233. The minimum Gasteiger partial charge on any atom is -0.507 e. The number of benzene rings is 5. The van der Waals surface area contributed by atoms with Crippen molar-refractivity contribution in [2.24, 2.45) is 11.3 Å². The molecule has 0 heterocycles. The lowest BCUT2D eigenvalue weighted by atomic mass is 9.78. The van der Waals surface area contributed by atoms with Crippen LogP contribution in [0.15, 0.2) is 97.1 Å². The van der Waals surface area contributed by atoms with Gasteiger partial charge >= 0.3 is 0 Å². The van der Waals surface area contributed by atoms with Gasteiger partial charge in [0.05, 0.1) is 0 Å². The Labute approximate surface area is 370 Å². The van der Waals surface area contributed by atoms with Crippen LogP contribution < -0.4 is 15.5 Å². The van der Waals surface area contributed by atoms with Gasteiger partial charge < -0.3 is 25.7 Å². The summed E-state index contributed by atoms with van der Waals surface area (Å²) in [5, 5.41) is 30.3. The summed E-state index contributed by atoms with van der Waals surface area (Å²) in [4.78, 5) is 2.42. The lowest BCUT2D eigenvalue weighted by molar-refractivity contribution is 0.306. The van der Waals surface area contributed by atoms with Crippen LogP contribution >= 0.6 is 0 Å². The van der Waals surface area contributed by atoms with Gasteiger partial charge in [0.1, 0.15) is 11.5 Å². The van der Waals surface area contributed by atoms with Gasteiger partial charge in [-0.05, 0) is 170 Å². The highest BCUT2D eigenvalue weighted by atomic mass is 16.3. The largest absolute Gasteiger partial charge is 0.507 e. The van der Waals surface area contributed by atoms with Gasteiger partial charge in [0, 0.05) is 41.5 Å². The molecule has 0 radical (unpaired) electrons. The van der Waals surface area contributed by atoms with Crippen LogP contribution in [0.25, 0.3) is 0 Å². The first-order valence-electron chi connectivity index (χ1n) is 22.4. The molecular formula is C56H77N3O2. The Balaban J connectivity index is 1.41. The SMILES string of the molecule is CC(Cc1ccc(Nc2ccc(Nc3ccc(N(Cc4cc(C(C)(C)C)c(O)c(C(C)(C)C)c4)Cc4cc(C(C)(C)C)c(O)c(C(C)(C)C)c4)cc3)cc2)cc1)CC(C)(C)C. The zero-order valence-corrected chi connectivity index (χ0v) is 40.5. The highest BCUT2D eigenvalue weighted by molar-refractivity contribution is 5.67. The van der Waals surface area contributed by atoms with Crippen molar-refractivity contribution in [1.82, 2.24) is 0 Å². The Kier molecular flexibility index (Phi) is 13.8. The summed E-state index contributed by atoms with van der Waals surface area (Å²) in [6.07, 6.45) is 2.31. The molecule has 5 aromatic carbocycles. The molecule has 0 bridgehead atoms. The predicted molar refractivity (Wildman–Crippen MR) is 264 cm³/mol. The van der Waals surface area contributed by atoms with E-state index in [2.05, 4.69) is 223 Å². The van der Waals surface area contributed by atoms with Crippen LogP contribution in [-0.4, -0.2) is 10.2 Å². The zero-order chi connectivity index (χ0) is 45.3. The molecule has 0 aliphatic carbocycles. The van der Waals surface area contributed by atoms with Crippen molar-refractivity contribution < 1.29 is 10.2 Å². The highest BCUT2D eigenvalue weighted by Gasteiger charge is 2.29. The van der Waals surface area contributed by atoms with Crippen molar-refractivity contribution >= 4 is 28.4 Å². The fourth-order valence-corrected chi connectivity index (χ4v) is 8.51. The molecule has 5 nitrogen and oxygen atoms in total. The lowest BCUT2D eigenvalue weighted by Gasteiger charge is -2.32. The third-order valence-electron chi connectivity index (χ3n) is 11.5. The van der Waals surface area contributed by atoms with Gasteiger partial charge in [0.15, 0.2) is 0 Å². The number of rotatable bonds is 12. The van der Waals surface area contributed by atoms with Crippen molar-refractivity contribution in [3.05, 3.63) is 136 Å². The van der Waals surface area contributed by atoms with Crippen molar-refractivity contribution in [3.63, 3.8) is 0 Å². The van der Waals surface area contributed by atoms with Crippen LogP contribution in [0.3, 0.4) is 0 Å². The number of nitrogens with zero attached hydrogens (tertiary/aromatic N) is 1. The first kappa shape index (κ1) is 47.2. The second kappa shape index (κ2) is 17.8. The molecule has 5 rings (SSSR count). The molecule has 0 aliphatic rings. The Hall–Kier alpha value is -4.90. The highest BCUT2D eigenvalue weighted by Crippen LogP contribution is 2.42. The first-order chi connectivity index (χ1) is 28.1. The molecule has 61 heavy (non-hydrogen) atoms. The quantitative estimate of drug-likeness (QED) is 0.101. The number of aromatic hydroxyl groups is 2. The molecule has 328 valence electrons. The molecule has 0 aromatic heterocycles. The van der Waals surface area contributed by atoms with E-state index < -0.39 is 0 Å². The van der Waals surface area contributed by atoms with E-state index in [0.29, 0.717) is 35.9 Å². The summed E-state index contributed by atoms with van der Waals surface area (Å²) in [7, 11) is 0. The van der Waals surface area contributed by atoms with Gasteiger partial charge in [-0.1, -0.05) is 123 Å². The van der Waals surface area contributed by atoms with Crippen molar-refractivity contribution in [1.29, 1.82) is 0 Å². The molecule has 1 unspecified atom stereocenters. The van der Waals surface area contributed by atoms with E-state index in [9.17, 15) is 10.2 Å². The molecule has 0 aliphatic heterocycles. The number of hydrogen-bond acceptors (Lipinski definition) is 5. The summed E-state index contributed by atoms with van der Waals surface area (Å²) in [5.41, 5.74) is 12.2. The molecule has 5 heteroatoms. The predicted octanol–water partition coefficient (Wildman–Crippen LogP) is 15.6. The Morgan fingerprint density at radius 3 is 1.03 bits per heavy atom. The van der Waals surface area contributed by atoms with Gasteiger partial charge in [-0.2, -0.15) is 0 Å². The molecule has 0 amide bonds.